The third kappa shape index (κ3) is 2.63. The van der Waals surface area contributed by atoms with Crippen molar-refractivity contribution in [2.24, 2.45) is 4.99 Å². The van der Waals surface area contributed by atoms with Crippen LogP contribution in [0.2, 0.25) is 0 Å². The molecule has 0 aromatic heterocycles. The molecule has 4 nitrogen and oxygen atoms in total. The minimum atomic E-state index is -0.362. The number of hydrogen-bond donors (Lipinski definition) is 1. The van der Waals surface area contributed by atoms with E-state index in [2.05, 4.69) is 4.99 Å². The Morgan fingerprint density at radius 1 is 1.19 bits per heavy atom. The summed E-state index contributed by atoms with van der Waals surface area (Å²) in [7, 11) is 0. The lowest BCUT2D eigenvalue weighted by Crippen LogP contribution is -2.33. The summed E-state index contributed by atoms with van der Waals surface area (Å²) >= 11 is 0. The first-order valence-corrected chi connectivity index (χ1v) is 6.62. The van der Waals surface area contributed by atoms with Crippen LogP contribution in [-0.2, 0) is 0 Å². The fourth-order valence-corrected chi connectivity index (χ4v) is 2.32. The number of fused-ring (bicyclic) bond motifs is 1. The SMILES string of the molecule is Nc1ccc2c(c1)C=NCCN2C(=O)c1ccc(F)cc1. The van der Waals surface area contributed by atoms with Crippen LogP contribution in [0.4, 0.5) is 15.8 Å². The molecular formula is C16H14FN3O. The average Bonchev–Trinajstić information content (AvgIpc) is 2.69. The molecule has 0 bridgehead atoms. The van der Waals surface area contributed by atoms with Crippen LogP contribution in [0.3, 0.4) is 0 Å². The topological polar surface area (TPSA) is 58.7 Å². The molecule has 0 aliphatic carbocycles. The first kappa shape index (κ1) is 13.3. The second-order valence-electron chi connectivity index (χ2n) is 4.82. The number of benzene rings is 2. The van der Waals surface area contributed by atoms with Crippen molar-refractivity contribution in [3.05, 3.63) is 59.4 Å². The number of nitrogens with two attached hydrogens (primary N) is 1. The number of benzodiazepines with no additional fused rings is 1. The number of halogens is 1. The van der Waals surface area contributed by atoms with Crippen LogP contribution in [-0.4, -0.2) is 25.2 Å². The summed E-state index contributed by atoms with van der Waals surface area (Å²) in [6.07, 6.45) is 1.73. The standard InChI is InChI=1S/C16H14FN3O/c17-13-3-1-11(2-4-13)16(21)20-8-7-19-10-12-9-14(18)5-6-15(12)20/h1-6,9-10H,7-8,18H2. The predicted molar refractivity (Wildman–Crippen MR) is 81.4 cm³/mol. The predicted octanol–water partition coefficient (Wildman–Crippen LogP) is 2.49. The van der Waals surface area contributed by atoms with Gasteiger partial charge in [-0.2, -0.15) is 0 Å². The molecular weight excluding hydrogens is 269 g/mol. The van der Waals surface area contributed by atoms with Gasteiger partial charge in [0, 0.05) is 29.6 Å². The van der Waals surface area contributed by atoms with E-state index in [-0.39, 0.29) is 11.7 Å². The van der Waals surface area contributed by atoms with Crippen molar-refractivity contribution in [1.82, 2.24) is 0 Å². The highest BCUT2D eigenvalue weighted by Crippen LogP contribution is 2.25. The Hall–Kier alpha value is -2.69. The van der Waals surface area contributed by atoms with Gasteiger partial charge in [-0.05, 0) is 42.5 Å². The molecule has 0 radical (unpaired) electrons. The summed E-state index contributed by atoms with van der Waals surface area (Å²) in [5, 5.41) is 0. The van der Waals surface area contributed by atoms with Crippen molar-refractivity contribution >= 4 is 23.5 Å². The Morgan fingerprint density at radius 3 is 2.71 bits per heavy atom. The lowest BCUT2D eigenvalue weighted by Gasteiger charge is -2.22. The molecule has 106 valence electrons. The number of anilines is 2. The van der Waals surface area contributed by atoms with Crippen LogP contribution in [0, 0.1) is 5.82 Å². The van der Waals surface area contributed by atoms with Crippen LogP contribution in [0.15, 0.2) is 47.5 Å². The van der Waals surface area contributed by atoms with Gasteiger partial charge in [0.05, 0.1) is 12.2 Å². The van der Waals surface area contributed by atoms with Gasteiger partial charge in [0.2, 0.25) is 0 Å². The minimum Gasteiger partial charge on any atom is -0.399 e. The number of carbonyl (C=O) groups excluding carboxylic acids is 1. The van der Waals surface area contributed by atoms with Gasteiger partial charge in [-0.15, -0.1) is 0 Å². The Labute approximate surface area is 121 Å². The number of aliphatic imine (C=N–C) groups is 1. The number of carbonyl (C=O) groups is 1. The molecule has 1 aliphatic heterocycles. The highest BCUT2D eigenvalue weighted by Gasteiger charge is 2.21. The number of amides is 1. The monoisotopic (exact) mass is 283 g/mol. The Bertz CT molecular complexity index is 710. The number of nitrogens with zero attached hydrogens (tertiary/aromatic N) is 2. The molecule has 0 fully saturated rings. The van der Waals surface area contributed by atoms with Crippen LogP contribution < -0.4 is 10.6 Å². The maximum absolute atomic E-state index is 13.0. The second kappa shape index (κ2) is 5.36. The lowest BCUT2D eigenvalue weighted by molar-refractivity contribution is 0.0987. The molecule has 0 saturated heterocycles. The van der Waals surface area contributed by atoms with Gasteiger partial charge in [0.1, 0.15) is 5.82 Å². The number of nitrogen functional groups attached to an aromatic ring is 1. The number of hydrogen-bond acceptors (Lipinski definition) is 3. The van der Waals surface area contributed by atoms with E-state index in [0.717, 1.165) is 11.3 Å². The van der Waals surface area contributed by atoms with Crippen LogP contribution >= 0.6 is 0 Å². The van der Waals surface area contributed by atoms with Crippen LogP contribution in [0.1, 0.15) is 15.9 Å². The van der Waals surface area contributed by atoms with Crippen LogP contribution in [0.5, 0.6) is 0 Å². The van der Waals surface area contributed by atoms with Crippen molar-refractivity contribution in [1.29, 1.82) is 0 Å². The van der Waals surface area contributed by atoms with E-state index in [1.54, 1.807) is 23.2 Å². The largest absolute Gasteiger partial charge is 0.399 e. The van der Waals surface area contributed by atoms with Gasteiger partial charge in [0.25, 0.3) is 5.91 Å². The smallest absolute Gasteiger partial charge is 0.258 e. The zero-order chi connectivity index (χ0) is 14.8. The molecule has 2 aromatic carbocycles. The highest BCUT2D eigenvalue weighted by molar-refractivity contribution is 6.09. The number of rotatable bonds is 1. The van der Waals surface area contributed by atoms with E-state index in [0.29, 0.717) is 24.3 Å². The first-order chi connectivity index (χ1) is 10.1. The fourth-order valence-electron chi connectivity index (χ4n) is 2.32. The zero-order valence-electron chi connectivity index (χ0n) is 11.3. The van der Waals surface area contributed by atoms with Crippen molar-refractivity contribution in [3.8, 4) is 0 Å². The molecule has 0 spiro atoms. The summed E-state index contributed by atoms with van der Waals surface area (Å²) in [5.41, 5.74) is 8.41. The van der Waals surface area contributed by atoms with Gasteiger partial charge in [0.15, 0.2) is 0 Å². The summed E-state index contributed by atoms with van der Waals surface area (Å²) in [6, 6.07) is 10.9. The second-order valence-corrected chi connectivity index (χ2v) is 4.82. The van der Waals surface area contributed by atoms with Crippen LogP contribution in [0.25, 0.3) is 0 Å². The third-order valence-electron chi connectivity index (χ3n) is 3.36. The first-order valence-electron chi connectivity index (χ1n) is 6.62. The lowest BCUT2D eigenvalue weighted by atomic mass is 10.1. The molecule has 1 amide bonds. The van der Waals surface area contributed by atoms with E-state index >= 15 is 0 Å². The van der Waals surface area contributed by atoms with Crippen molar-refractivity contribution in [2.75, 3.05) is 23.7 Å². The van der Waals surface area contributed by atoms with Gasteiger partial charge in [-0.3, -0.25) is 9.79 Å². The molecule has 1 aliphatic rings. The van der Waals surface area contributed by atoms with E-state index in [1.165, 1.54) is 24.3 Å². The van der Waals surface area contributed by atoms with E-state index in [1.807, 2.05) is 6.07 Å². The van der Waals surface area contributed by atoms with Gasteiger partial charge in [-0.25, -0.2) is 4.39 Å². The quantitative estimate of drug-likeness (QED) is 0.817. The third-order valence-corrected chi connectivity index (χ3v) is 3.36. The average molecular weight is 283 g/mol. The van der Waals surface area contributed by atoms with E-state index in [4.69, 9.17) is 5.73 Å². The Kier molecular flexibility index (Phi) is 3.39. The van der Waals surface area contributed by atoms with Crippen molar-refractivity contribution in [3.63, 3.8) is 0 Å². The molecule has 0 saturated carbocycles. The molecule has 3 rings (SSSR count). The van der Waals surface area contributed by atoms with E-state index in [9.17, 15) is 9.18 Å². The van der Waals surface area contributed by atoms with Gasteiger partial charge >= 0.3 is 0 Å². The summed E-state index contributed by atoms with van der Waals surface area (Å²) in [6.45, 7) is 0.991. The van der Waals surface area contributed by atoms with Gasteiger partial charge < -0.3 is 10.6 Å². The molecule has 21 heavy (non-hydrogen) atoms. The molecule has 5 heteroatoms. The summed E-state index contributed by atoms with van der Waals surface area (Å²) in [4.78, 5) is 18.5. The van der Waals surface area contributed by atoms with Crippen molar-refractivity contribution in [2.45, 2.75) is 0 Å². The molecule has 0 unspecified atom stereocenters. The normalized spacial score (nSPS) is 13.7. The molecule has 1 heterocycles. The van der Waals surface area contributed by atoms with Gasteiger partial charge in [-0.1, -0.05) is 0 Å². The highest BCUT2D eigenvalue weighted by atomic mass is 19.1. The van der Waals surface area contributed by atoms with Crippen molar-refractivity contribution < 1.29 is 9.18 Å². The fraction of sp³-hybridized carbons (Fsp3) is 0.125. The maximum atomic E-state index is 13.0. The molecule has 2 N–H and O–H groups in total. The van der Waals surface area contributed by atoms with E-state index < -0.39 is 0 Å². The zero-order valence-corrected chi connectivity index (χ0v) is 11.3. The summed E-state index contributed by atoms with van der Waals surface area (Å²) in [5.74, 6) is -0.537. The molecule has 0 atom stereocenters. The Balaban J connectivity index is 2.00. The summed E-state index contributed by atoms with van der Waals surface area (Å²) < 4.78 is 13.0. The minimum absolute atomic E-state index is 0.175. The Morgan fingerprint density at radius 2 is 1.95 bits per heavy atom. The molecule has 2 aromatic rings. The maximum Gasteiger partial charge on any atom is 0.258 e.